The number of nitrogens with one attached hydrogen (secondary N) is 1. The fraction of sp³-hybridized carbons (Fsp3) is 0.118. The monoisotopic (exact) mass is 265 g/mol. The molecule has 1 aromatic heterocycles. The third-order valence-corrected chi connectivity index (χ3v) is 3.94. The van der Waals surface area contributed by atoms with Crippen LogP contribution in [0.2, 0.25) is 0 Å². The summed E-state index contributed by atoms with van der Waals surface area (Å²) in [4.78, 5) is 4.23. The normalized spacial score (nSPS) is 10.8. The number of thiocarbonyl (C=S) groups is 1. The lowest BCUT2D eigenvalue weighted by Crippen LogP contribution is -2.00. The van der Waals surface area contributed by atoms with Gasteiger partial charge >= 0.3 is 0 Å². The molecular weight excluding hydrogens is 250 g/mol. The quantitative estimate of drug-likeness (QED) is 0.531. The maximum atomic E-state index is 5.65. The molecule has 0 bridgehead atoms. The van der Waals surface area contributed by atoms with Crippen molar-refractivity contribution in [1.29, 1.82) is 0 Å². The Morgan fingerprint density at radius 3 is 2.47 bits per heavy atom. The highest BCUT2D eigenvalue weighted by molar-refractivity contribution is 7.81. The first-order valence-corrected chi connectivity index (χ1v) is 6.76. The van der Waals surface area contributed by atoms with E-state index >= 15 is 0 Å². The first-order valence-electron chi connectivity index (χ1n) is 6.35. The lowest BCUT2D eigenvalue weighted by molar-refractivity contribution is 1.42. The lowest BCUT2D eigenvalue weighted by atomic mass is 10.0. The summed E-state index contributed by atoms with van der Waals surface area (Å²) in [5.74, 6) is 0. The molecule has 2 heteroatoms. The zero-order valence-electron chi connectivity index (χ0n) is 11.0. The van der Waals surface area contributed by atoms with Gasteiger partial charge in [0.1, 0.15) is 0 Å². The molecule has 2 aromatic carbocycles. The van der Waals surface area contributed by atoms with Crippen molar-refractivity contribution in [3.63, 3.8) is 0 Å². The Balaban J connectivity index is 2.14. The molecule has 0 atom stereocenters. The first-order chi connectivity index (χ1) is 9.16. The van der Waals surface area contributed by atoms with E-state index < -0.39 is 0 Å². The number of aromatic amines is 1. The number of fused-ring (bicyclic) bond motifs is 1. The molecule has 0 amide bonds. The Bertz CT molecular complexity index is 751. The number of aryl methyl sites for hydroxylation is 2. The number of rotatable bonds is 2. The number of aromatic nitrogens is 1. The molecule has 94 valence electrons. The van der Waals surface area contributed by atoms with E-state index in [-0.39, 0.29) is 0 Å². The molecule has 0 saturated carbocycles. The van der Waals surface area contributed by atoms with E-state index in [4.69, 9.17) is 12.2 Å². The average Bonchev–Trinajstić information content (AvgIpc) is 2.81. The molecule has 0 saturated heterocycles. The molecule has 0 radical (unpaired) electrons. The van der Waals surface area contributed by atoms with Gasteiger partial charge in [-0.1, -0.05) is 60.2 Å². The minimum absolute atomic E-state index is 0.896. The van der Waals surface area contributed by atoms with E-state index in [0.717, 1.165) is 21.5 Å². The SMILES string of the molecule is Cc1ccc(C(=S)c2cccc3c(C)c[nH]c23)cc1. The highest BCUT2D eigenvalue weighted by Crippen LogP contribution is 2.24. The van der Waals surface area contributed by atoms with Crippen molar-refractivity contribution in [3.8, 4) is 0 Å². The van der Waals surface area contributed by atoms with Crippen molar-refractivity contribution in [1.82, 2.24) is 4.98 Å². The van der Waals surface area contributed by atoms with Gasteiger partial charge in [-0.15, -0.1) is 0 Å². The number of H-pyrrole nitrogens is 1. The number of para-hydroxylation sites is 1. The summed E-state index contributed by atoms with van der Waals surface area (Å²) >= 11 is 5.65. The Labute approximate surface area is 118 Å². The van der Waals surface area contributed by atoms with Crippen molar-refractivity contribution < 1.29 is 0 Å². The van der Waals surface area contributed by atoms with Gasteiger partial charge in [0.05, 0.1) is 10.4 Å². The summed E-state index contributed by atoms with van der Waals surface area (Å²) in [6.07, 6.45) is 2.03. The second kappa shape index (κ2) is 4.63. The van der Waals surface area contributed by atoms with Crippen molar-refractivity contribution in [2.24, 2.45) is 0 Å². The van der Waals surface area contributed by atoms with Gasteiger partial charge in [-0.3, -0.25) is 0 Å². The van der Waals surface area contributed by atoms with Crippen LogP contribution in [0.4, 0.5) is 0 Å². The third-order valence-electron chi connectivity index (χ3n) is 3.48. The van der Waals surface area contributed by atoms with Crippen LogP contribution in [-0.4, -0.2) is 9.85 Å². The van der Waals surface area contributed by atoms with E-state index in [1.54, 1.807) is 0 Å². The van der Waals surface area contributed by atoms with Crippen LogP contribution in [0.25, 0.3) is 10.9 Å². The van der Waals surface area contributed by atoms with Gasteiger partial charge in [-0.2, -0.15) is 0 Å². The van der Waals surface area contributed by atoms with Crippen LogP contribution in [0.5, 0.6) is 0 Å². The van der Waals surface area contributed by atoms with E-state index in [1.807, 2.05) is 6.20 Å². The van der Waals surface area contributed by atoms with Gasteiger partial charge in [0, 0.05) is 17.1 Å². The van der Waals surface area contributed by atoms with Crippen molar-refractivity contribution >= 4 is 28.0 Å². The summed E-state index contributed by atoms with van der Waals surface area (Å²) in [5, 5.41) is 1.24. The zero-order chi connectivity index (χ0) is 13.4. The molecule has 1 nitrogen and oxygen atoms in total. The second-order valence-electron chi connectivity index (χ2n) is 4.89. The minimum Gasteiger partial charge on any atom is -0.360 e. The van der Waals surface area contributed by atoms with Gasteiger partial charge in [-0.25, -0.2) is 0 Å². The van der Waals surface area contributed by atoms with E-state index in [2.05, 4.69) is 61.3 Å². The fourth-order valence-electron chi connectivity index (χ4n) is 2.34. The van der Waals surface area contributed by atoms with Crippen molar-refractivity contribution in [2.75, 3.05) is 0 Å². The maximum absolute atomic E-state index is 5.65. The van der Waals surface area contributed by atoms with E-state index in [9.17, 15) is 0 Å². The predicted molar refractivity (Wildman–Crippen MR) is 85.0 cm³/mol. The van der Waals surface area contributed by atoms with Crippen LogP contribution in [0, 0.1) is 13.8 Å². The molecule has 0 fully saturated rings. The molecular formula is C17H15NS. The number of hydrogen-bond acceptors (Lipinski definition) is 1. The second-order valence-corrected chi connectivity index (χ2v) is 5.30. The van der Waals surface area contributed by atoms with Gasteiger partial charge in [0.15, 0.2) is 0 Å². The number of benzene rings is 2. The summed E-state index contributed by atoms with van der Waals surface area (Å²) in [5.41, 5.74) is 5.83. The summed E-state index contributed by atoms with van der Waals surface area (Å²) in [6.45, 7) is 4.19. The molecule has 1 heterocycles. The summed E-state index contributed by atoms with van der Waals surface area (Å²) < 4.78 is 0. The smallest absolute Gasteiger partial charge is 0.0545 e. The van der Waals surface area contributed by atoms with Crippen molar-refractivity contribution in [2.45, 2.75) is 13.8 Å². The Morgan fingerprint density at radius 2 is 1.74 bits per heavy atom. The average molecular weight is 265 g/mol. The first kappa shape index (κ1) is 12.1. The Kier molecular flexibility index (Phi) is 2.96. The van der Waals surface area contributed by atoms with Crippen LogP contribution in [0.1, 0.15) is 22.3 Å². The summed E-state index contributed by atoms with van der Waals surface area (Å²) in [7, 11) is 0. The predicted octanol–water partition coefficient (Wildman–Crippen LogP) is 4.55. The van der Waals surface area contributed by atoms with E-state index in [1.165, 1.54) is 16.5 Å². The topological polar surface area (TPSA) is 15.8 Å². The molecule has 1 N–H and O–H groups in total. The van der Waals surface area contributed by atoms with Crippen molar-refractivity contribution in [3.05, 3.63) is 70.9 Å². The highest BCUT2D eigenvalue weighted by Gasteiger charge is 2.10. The molecule has 0 unspecified atom stereocenters. The van der Waals surface area contributed by atoms with Crippen LogP contribution in [0.15, 0.2) is 48.7 Å². The fourth-order valence-corrected chi connectivity index (χ4v) is 2.65. The molecule has 3 rings (SSSR count). The molecule has 0 aliphatic heterocycles. The van der Waals surface area contributed by atoms with Gasteiger partial charge < -0.3 is 4.98 Å². The van der Waals surface area contributed by atoms with Crippen LogP contribution in [-0.2, 0) is 0 Å². The molecule has 0 aliphatic carbocycles. The zero-order valence-corrected chi connectivity index (χ0v) is 11.8. The largest absolute Gasteiger partial charge is 0.360 e. The molecule has 3 aromatic rings. The highest BCUT2D eigenvalue weighted by atomic mass is 32.1. The number of hydrogen-bond donors (Lipinski definition) is 1. The standard InChI is InChI=1S/C17H15NS/c1-11-6-8-13(9-7-11)17(19)15-5-3-4-14-12(2)10-18-16(14)15/h3-10,18H,1-2H3. The third kappa shape index (κ3) is 2.08. The van der Waals surface area contributed by atoms with Gasteiger partial charge in [0.2, 0.25) is 0 Å². The maximum Gasteiger partial charge on any atom is 0.0545 e. The van der Waals surface area contributed by atoms with Gasteiger partial charge in [-0.05, 0) is 25.0 Å². The Morgan fingerprint density at radius 1 is 1.00 bits per heavy atom. The molecule has 0 aliphatic rings. The molecule has 0 spiro atoms. The van der Waals surface area contributed by atoms with Crippen LogP contribution in [0.3, 0.4) is 0 Å². The summed E-state index contributed by atoms with van der Waals surface area (Å²) in [6, 6.07) is 14.7. The Hall–Kier alpha value is -1.93. The van der Waals surface area contributed by atoms with Gasteiger partial charge in [0.25, 0.3) is 0 Å². The minimum atomic E-state index is 0.896. The van der Waals surface area contributed by atoms with Crippen LogP contribution >= 0.6 is 12.2 Å². The lowest BCUT2D eigenvalue weighted by Gasteiger charge is -2.06. The van der Waals surface area contributed by atoms with Crippen LogP contribution < -0.4 is 0 Å². The molecule has 19 heavy (non-hydrogen) atoms. The van der Waals surface area contributed by atoms with E-state index in [0.29, 0.717) is 0 Å².